The lowest BCUT2D eigenvalue weighted by Gasteiger charge is -2.16. The third kappa shape index (κ3) is 3.23. The average Bonchev–Trinajstić information content (AvgIpc) is 2.84. The molecule has 2 rings (SSSR count). The Morgan fingerprint density at radius 2 is 2.00 bits per heavy atom. The lowest BCUT2D eigenvalue weighted by atomic mass is 10.2. The molecule has 0 radical (unpaired) electrons. The molecule has 1 aromatic heterocycles. The van der Waals surface area contributed by atoms with Gasteiger partial charge in [-0.1, -0.05) is 18.2 Å². The number of benzene rings is 1. The van der Waals surface area contributed by atoms with Crippen molar-refractivity contribution in [3.63, 3.8) is 0 Å². The number of nitrogens with one attached hydrogen (secondary N) is 2. The average molecular weight is 272 g/mol. The number of carbonyl (C=O) groups excluding carboxylic acids is 2. The SMILES string of the molecule is Cc1cn[nH]c1NC(=O)CN(C)C(=O)c1ccccc1. The minimum Gasteiger partial charge on any atom is -0.332 e. The standard InChI is InChI=1S/C14H16N4O2/c1-10-8-15-17-13(10)16-12(19)9-18(2)14(20)11-6-4-3-5-7-11/h3-8H,9H2,1-2H3,(H2,15,16,17,19). The first-order chi connectivity index (χ1) is 9.58. The molecule has 104 valence electrons. The van der Waals surface area contributed by atoms with E-state index in [1.54, 1.807) is 37.5 Å². The van der Waals surface area contributed by atoms with Crippen LogP contribution in [0.3, 0.4) is 0 Å². The van der Waals surface area contributed by atoms with E-state index in [1.807, 2.05) is 13.0 Å². The van der Waals surface area contributed by atoms with Crippen molar-refractivity contribution in [3.05, 3.63) is 47.7 Å². The summed E-state index contributed by atoms with van der Waals surface area (Å²) in [6.07, 6.45) is 1.62. The van der Waals surface area contributed by atoms with E-state index in [1.165, 1.54) is 4.90 Å². The Kier molecular flexibility index (Phi) is 4.14. The Hall–Kier alpha value is -2.63. The van der Waals surface area contributed by atoms with E-state index in [4.69, 9.17) is 0 Å². The molecule has 1 heterocycles. The molecule has 2 aromatic rings. The Labute approximate surface area is 116 Å². The van der Waals surface area contributed by atoms with Crippen molar-refractivity contribution in [3.8, 4) is 0 Å². The molecule has 6 heteroatoms. The van der Waals surface area contributed by atoms with Crippen LogP contribution >= 0.6 is 0 Å². The molecular formula is C14H16N4O2. The van der Waals surface area contributed by atoms with Crippen LogP contribution in [0.2, 0.25) is 0 Å². The molecule has 0 atom stereocenters. The molecule has 2 N–H and O–H groups in total. The van der Waals surface area contributed by atoms with Crippen molar-refractivity contribution in [1.82, 2.24) is 15.1 Å². The topological polar surface area (TPSA) is 78.1 Å². The Morgan fingerprint density at radius 3 is 2.60 bits per heavy atom. The van der Waals surface area contributed by atoms with Gasteiger partial charge in [0.25, 0.3) is 5.91 Å². The van der Waals surface area contributed by atoms with Gasteiger partial charge in [0.1, 0.15) is 5.82 Å². The number of nitrogens with zero attached hydrogens (tertiary/aromatic N) is 2. The molecule has 0 unspecified atom stereocenters. The van der Waals surface area contributed by atoms with Gasteiger partial charge in [0.15, 0.2) is 0 Å². The molecule has 0 fully saturated rings. The lowest BCUT2D eigenvalue weighted by molar-refractivity contribution is -0.116. The molecule has 0 aliphatic rings. The van der Waals surface area contributed by atoms with Crippen LogP contribution in [0, 0.1) is 6.92 Å². The fraction of sp³-hybridized carbons (Fsp3) is 0.214. The monoisotopic (exact) mass is 272 g/mol. The predicted molar refractivity (Wildman–Crippen MR) is 75.4 cm³/mol. The van der Waals surface area contributed by atoms with E-state index in [9.17, 15) is 9.59 Å². The summed E-state index contributed by atoms with van der Waals surface area (Å²) < 4.78 is 0. The second kappa shape index (κ2) is 6.01. The molecule has 0 saturated carbocycles. The number of amides is 2. The van der Waals surface area contributed by atoms with E-state index in [0.29, 0.717) is 11.4 Å². The maximum Gasteiger partial charge on any atom is 0.254 e. The highest BCUT2D eigenvalue weighted by molar-refractivity contribution is 5.99. The first-order valence-corrected chi connectivity index (χ1v) is 6.18. The van der Waals surface area contributed by atoms with Crippen molar-refractivity contribution in [2.75, 3.05) is 18.9 Å². The molecule has 1 aromatic carbocycles. The molecule has 0 saturated heterocycles. The molecule has 0 spiro atoms. The van der Waals surface area contributed by atoms with Gasteiger partial charge < -0.3 is 10.2 Å². The van der Waals surface area contributed by atoms with E-state index in [-0.39, 0.29) is 18.4 Å². The van der Waals surface area contributed by atoms with Gasteiger partial charge >= 0.3 is 0 Å². The summed E-state index contributed by atoms with van der Waals surface area (Å²) in [5.74, 6) is 0.0850. The second-order valence-electron chi connectivity index (χ2n) is 4.50. The molecule has 0 aliphatic heterocycles. The van der Waals surface area contributed by atoms with Gasteiger partial charge in [-0.15, -0.1) is 0 Å². The van der Waals surface area contributed by atoms with Crippen molar-refractivity contribution in [1.29, 1.82) is 0 Å². The Balaban J connectivity index is 1.94. The van der Waals surface area contributed by atoms with Gasteiger partial charge in [0.2, 0.25) is 5.91 Å². The number of anilines is 1. The fourth-order valence-electron chi connectivity index (χ4n) is 1.74. The van der Waals surface area contributed by atoms with Crippen molar-refractivity contribution in [2.45, 2.75) is 6.92 Å². The number of hydrogen-bond donors (Lipinski definition) is 2. The van der Waals surface area contributed by atoms with Crippen molar-refractivity contribution < 1.29 is 9.59 Å². The minimum absolute atomic E-state index is 0.0216. The van der Waals surface area contributed by atoms with E-state index < -0.39 is 0 Å². The fourth-order valence-corrected chi connectivity index (χ4v) is 1.74. The normalized spacial score (nSPS) is 10.1. The molecular weight excluding hydrogens is 256 g/mol. The maximum absolute atomic E-state index is 12.1. The largest absolute Gasteiger partial charge is 0.332 e. The van der Waals surface area contributed by atoms with E-state index >= 15 is 0 Å². The number of hydrogen-bond acceptors (Lipinski definition) is 3. The zero-order valence-electron chi connectivity index (χ0n) is 11.4. The number of carbonyl (C=O) groups is 2. The second-order valence-corrected chi connectivity index (χ2v) is 4.50. The summed E-state index contributed by atoms with van der Waals surface area (Å²) in [6, 6.07) is 8.85. The Bertz CT molecular complexity index is 607. The van der Waals surface area contributed by atoms with Gasteiger partial charge in [-0.2, -0.15) is 5.10 Å². The highest BCUT2D eigenvalue weighted by atomic mass is 16.2. The summed E-state index contributed by atoms with van der Waals surface area (Å²) in [4.78, 5) is 25.3. The third-order valence-electron chi connectivity index (χ3n) is 2.84. The predicted octanol–water partition coefficient (Wildman–Crippen LogP) is 1.43. The van der Waals surface area contributed by atoms with Crippen LogP contribution in [0.25, 0.3) is 0 Å². The molecule has 0 aliphatic carbocycles. The zero-order chi connectivity index (χ0) is 14.5. The van der Waals surface area contributed by atoms with Gasteiger partial charge in [0, 0.05) is 18.2 Å². The lowest BCUT2D eigenvalue weighted by Crippen LogP contribution is -2.35. The molecule has 0 bridgehead atoms. The summed E-state index contributed by atoms with van der Waals surface area (Å²) in [7, 11) is 1.59. The highest BCUT2D eigenvalue weighted by Gasteiger charge is 2.15. The first-order valence-electron chi connectivity index (χ1n) is 6.18. The van der Waals surface area contributed by atoms with E-state index in [2.05, 4.69) is 15.5 Å². The number of aromatic amines is 1. The van der Waals surface area contributed by atoms with Crippen LogP contribution in [0.5, 0.6) is 0 Å². The number of likely N-dealkylation sites (N-methyl/N-ethyl adjacent to an activating group) is 1. The number of rotatable bonds is 4. The molecule has 2 amide bonds. The summed E-state index contributed by atoms with van der Waals surface area (Å²) >= 11 is 0. The van der Waals surface area contributed by atoms with E-state index in [0.717, 1.165) is 5.56 Å². The first kappa shape index (κ1) is 13.8. The molecule has 20 heavy (non-hydrogen) atoms. The van der Waals surface area contributed by atoms with Crippen LogP contribution in [0.4, 0.5) is 5.82 Å². The van der Waals surface area contributed by atoms with Crippen molar-refractivity contribution in [2.24, 2.45) is 0 Å². The van der Waals surface area contributed by atoms with Crippen LogP contribution < -0.4 is 5.32 Å². The van der Waals surface area contributed by atoms with Gasteiger partial charge in [-0.3, -0.25) is 14.7 Å². The maximum atomic E-state index is 12.1. The van der Waals surface area contributed by atoms with Crippen LogP contribution in [0.1, 0.15) is 15.9 Å². The summed E-state index contributed by atoms with van der Waals surface area (Å²) in [6.45, 7) is 1.81. The Morgan fingerprint density at radius 1 is 1.30 bits per heavy atom. The number of aromatic nitrogens is 2. The van der Waals surface area contributed by atoms with Crippen molar-refractivity contribution >= 4 is 17.6 Å². The molecule has 6 nitrogen and oxygen atoms in total. The van der Waals surface area contributed by atoms with Crippen LogP contribution in [0.15, 0.2) is 36.5 Å². The zero-order valence-corrected chi connectivity index (χ0v) is 11.4. The van der Waals surface area contributed by atoms with Gasteiger partial charge in [-0.05, 0) is 19.1 Å². The minimum atomic E-state index is -0.274. The third-order valence-corrected chi connectivity index (χ3v) is 2.84. The number of H-pyrrole nitrogens is 1. The number of aryl methyl sites for hydroxylation is 1. The smallest absolute Gasteiger partial charge is 0.254 e. The summed E-state index contributed by atoms with van der Waals surface area (Å²) in [5, 5.41) is 9.18. The summed E-state index contributed by atoms with van der Waals surface area (Å²) in [5.41, 5.74) is 1.40. The van der Waals surface area contributed by atoms with Gasteiger partial charge in [-0.25, -0.2) is 0 Å². The van der Waals surface area contributed by atoms with Crippen LogP contribution in [-0.2, 0) is 4.79 Å². The highest BCUT2D eigenvalue weighted by Crippen LogP contribution is 2.08. The van der Waals surface area contributed by atoms with Crippen LogP contribution in [-0.4, -0.2) is 40.5 Å². The van der Waals surface area contributed by atoms with Gasteiger partial charge in [0.05, 0.1) is 12.7 Å². The quantitative estimate of drug-likeness (QED) is 0.883.